The minimum Gasteiger partial charge on any atom is -0.395 e. The number of rotatable bonds is 1. The van der Waals surface area contributed by atoms with Gasteiger partial charge in [0, 0.05) is 5.25 Å². The number of aliphatic hydroxyl groups is 2. The van der Waals surface area contributed by atoms with Gasteiger partial charge in [0.1, 0.15) is 0 Å². The summed E-state index contributed by atoms with van der Waals surface area (Å²) >= 11 is 1.84. The van der Waals surface area contributed by atoms with E-state index in [1.165, 1.54) is 6.42 Å². The number of fused-ring (bicyclic) bond motifs is 1. The van der Waals surface area contributed by atoms with Gasteiger partial charge in [0.05, 0.1) is 17.5 Å². The predicted molar refractivity (Wildman–Crippen MR) is 43.4 cm³/mol. The van der Waals surface area contributed by atoms with Gasteiger partial charge in [-0.1, -0.05) is 0 Å². The van der Waals surface area contributed by atoms with Crippen molar-refractivity contribution in [3.63, 3.8) is 0 Å². The van der Waals surface area contributed by atoms with E-state index in [1.807, 2.05) is 11.8 Å². The van der Waals surface area contributed by atoms with E-state index < -0.39 is 0 Å². The highest BCUT2D eigenvalue weighted by Crippen LogP contribution is 2.68. The van der Waals surface area contributed by atoms with Crippen LogP contribution in [0, 0.1) is 11.8 Å². The molecule has 0 aromatic carbocycles. The second kappa shape index (κ2) is 1.78. The molecule has 0 unspecified atom stereocenters. The molecule has 3 rings (SSSR count). The molecule has 0 aromatic heterocycles. The first-order valence-electron chi connectivity index (χ1n) is 4.23. The van der Waals surface area contributed by atoms with Crippen LogP contribution in [-0.4, -0.2) is 32.9 Å². The maximum Gasteiger partial charge on any atom is 0.0748 e. The van der Waals surface area contributed by atoms with Gasteiger partial charge in [-0.2, -0.15) is 0 Å². The molecule has 3 aliphatic rings. The summed E-state index contributed by atoms with van der Waals surface area (Å²) < 4.78 is -0.141. The average molecular weight is 172 g/mol. The normalized spacial score (nSPS) is 64.9. The van der Waals surface area contributed by atoms with Crippen LogP contribution in [-0.2, 0) is 0 Å². The Hall–Kier alpha value is 0.270. The summed E-state index contributed by atoms with van der Waals surface area (Å²) in [5.74, 6) is 1.34. The first kappa shape index (κ1) is 6.75. The van der Waals surface area contributed by atoms with Gasteiger partial charge >= 0.3 is 0 Å². The molecule has 1 saturated carbocycles. The highest BCUT2D eigenvalue weighted by molar-refractivity contribution is 8.02. The van der Waals surface area contributed by atoms with Crippen molar-refractivity contribution >= 4 is 11.8 Å². The molecule has 3 fully saturated rings. The summed E-state index contributed by atoms with van der Waals surface area (Å²) in [7, 11) is 0. The van der Waals surface area contributed by atoms with Gasteiger partial charge in [-0.3, -0.25) is 0 Å². The fourth-order valence-corrected chi connectivity index (χ4v) is 5.08. The second-order valence-electron chi connectivity index (χ2n) is 4.11. The molecular formula is C8H12O2S. The maximum atomic E-state index is 9.80. The monoisotopic (exact) mass is 172 g/mol. The smallest absolute Gasteiger partial charge is 0.0748 e. The van der Waals surface area contributed by atoms with Crippen molar-refractivity contribution in [2.75, 3.05) is 6.61 Å². The lowest BCUT2D eigenvalue weighted by Gasteiger charge is -2.46. The Balaban J connectivity index is 1.98. The minimum atomic E-state index is -0.215. The Labute approximate surface area is 70.0 Å². The third-order valence-electron chi connectivity index (χ3n) is 3.65. The largest absolute Gasteiger partial charge is 0.395 e. The highest BCUT2D eigenvalue weighted by atomic mass is 32.2. The average Bonchev–Trinajstić information content (AvgIpc) is 2.38. The molecule has 0 spiro atoms. The minimum absolute atomic E-state index is 0.141. The zero-order valence-corrected chi connectivity index (χ0v) is 7.05. The fraction of sp³-hybridized carbons (Fsp3) is 1.00. The first-order valence-corrected chi connectivity index (χ1v) is 5.11. The standard InChI is InChI=1S/C8H12O2S/c9-3-8-2-4-1-5(7(8)10)6(4)11-8/h4-7,9-10H,1-3H2/t4-,5-,6+,7+,8+/m0/s1. The van der Waals surface area contributed by atoms with Crippen molar-refractivity contribution in [2.45, 2.75) is 28.9 Å². The summed E-state index contributed by atoms with van der Waals surface area (Å²) in [5.41, 5.74) is 0. The number of thioether (sulfide) groups is 1. The molecule has 3 heteroatoms. The van der Waals surface area contributed by atoms with Crippen molar-refractivity contribution in [2.24, 2.45) is 11.8 Å². The molecule has 1 aliphatic carbocycles. The van der Waals surface area contributed by atoms with Crippen molar-refractivity contribution in [1.29, 1.82) is 0 Å². The van der Waals surface area contributed by atoms with Crippen LogP contribution in [0.2, 0.25) is 0 Å². The molecule has 2 bridgehead atoms. The Morgan fingerprint density at radius 3 is 2.73 bits per heavy atom. The first-order chi connectivity index (χ1) is 5.27. The summed E-state index contributed by atoms with van der Waals surface area (Å²) in [5, 5.41) is 19.7. The van der Waals surface area contributed by atoms with Gasteiger partial charge in [0.15, 0.2) is 0 Å². The topological polar surface area (TPSA) is 40.5 Å². The van der Waals surface area contributed by atoms with E-state index in [9.17, 15) is 10.2 Å². The van der Waals surface area contributed by atoms with E-state index >= 15 is 0 Å². The molecule has 11 heavy (non-hydrogen) atoms. The molecular weight excluding hydrogens is 160 g/mol. The lowest BCUT2D eigenvalue weighted by Crippen LogP contribution is -2.53. The Morgan fingerprint density at radius 2 is 2.36 bits per heavy atom. The molecule has 2 saturated heterocycles. The van der Waals surface area contributed by atoms with E-state index in [0.717, 1.165) is 12.3 Å². The van der Waals surface area contributed by atoms with Gasteiger partial charge in [0.2, 0.25) is 0 Å². The third-order valence-corrected chi connectivity index (χ3v) is 5.67. The number of hydrogen-bond donors (Lipinski definition) is 2. The van der Waals surface area contributed by atoms with Crippen LogP contribution in [0.25, 0.3) is 0 Å². The van der Waals surface area contributed by atoms with Gasteiger partial charge in [0.25, 0.3) is 0 Å². The lowest BCUT2D eigenvalue weighted by atomic mass is 9.60. The molecule has 2 N–H and O–H groups in total. The summed E-state index contributed by atoms with van der Waals surface area (Å²) in [6.45, 7) is 0.169. The molecule has 5 atom stereocenters. The van der Waals surface area contributed by atoms with Crippen molar-refractivity contribution in [3.05, 3.63) is 0 Å². The molecule has 62 valence electrons. The van der Waals surface area contributed by atoms with E-state index in [0.29, 0.717) is 11.2 Å². The second-order valence-corrected chi connectivity index (χ2v) is 5.71. The third kappa shape index (κ3) is 0.565. The summed E-state index contributed by atoms with van der Waals surface area (Å²) in [4.78, 5) is 0. The molecule has 0 radical (unpaired) electrons. The van der Waals surface area contributed by atoms with Gasteiger partial charge in [-0.25, -0.2) is 0 Å². The van der Waals surface area contributed by atoms with Crippen LogP contribution in [0.15, 0.2) is 0 Å². The van der Waals surface area contributed by atoms with Crippen LogP contribution in [0.1, 0.15) is 12.8 Å². The Morgan fingerprint density at radius 1 is 1.55 bits per heavy atom. The Kier molecular flexibility index (Phi) is 1.09. The fourth-order valence-electron chi connectivity index (χ4n) is 3.00. The van der Waals surface area contributed by atoms with Crippen LogP contribution in [0.4, 0.5) is 0 Å². The quantitative estimate of drug-likeness (QED) is 0.595. The van der Waals surface area contributed by atoms with Crippen molar-refractivity contribution in [3.8, 4) is 0 Å². The molecule has 0 amide bonds. The molecule has 2 nitrogen and oxygen atoms in total. The molecule has 0 aromatic rings. The van der Waals surface area contributed by atoms with Crippen LogP contribution in [0.3, 0.4) is 0 Å². The van der Waals surface area contributed by atoms with Gasteiger partial charge < -0.3 is 10.2 Å². The van der Waals surface area contributed by atoms with E-state index in [1.54, 1.807) is 0 Å². The van der Waals surface area contributed by atoms with Crippen LogP contribution >= 0.6 is 11.8 Å². The zero-order valence-electron chi connectivity index (χ0n) is 6.23. The van der Waals surface area contributed by atoms with E-state index in [-0.39, 0.29) is 17.5 Å². The van der Waals surface area contributed by atoms with Crippen molar-refractivity contribution < 1.29 is 10.2 Å². The van der Waals surface area contributed by atoms with Crippen LogP contribution < -0.4 is 0 Å². The highest BCUT2D eigenvalue weighted by Gasteiger charge is 2.67. The van der Waals surface area contributed by atoms with E-state index in [2.05, 4.69) is 0 Å². The summed E-state index contributed by atoms with van der Waals surface area (Å²) in [6.07, 6.45) is 2.05. The van der Waals surface area contributed by atoms with Crippen LogP contribution in [0.5, 0.6) is 0 Å². The predicted octanol–water partition coefficient (Wildman–Crippen LogP) is 0.234. The summed E-state index contributed by atoms with van der Waals surface area (Å²) in [6, 6.07) is 0. The maximum absolute atomic E-state index is 9.80. The lowest BCUT2D eigenvalue weighted by molar-refractivity contribution is -0.0422. The molecule has 2 heterocycles. The number of aliphatic hydroxyl groups excluding tert-OH is 2. The SMILES string of the molecule is OC[C@@]12C[C@@H]3C[C@@H]([C@@H]3S1)[C@H]2O. The van der Waals surface area contributed by atoms with E-state index in [4.69, 9.17) is 0 Å². The van der Waals surface area contributed by atoms with Crippen molar-refractivity contribution in [1.82, 2.24) is 0 Å². The molecule has 2 aliphatic heterocycles. The number of hydrogen-bond acceptors (Lipinski definition) is 3. The van der Waals surface area contributed by atoms with Gasteiger partial charge in [-0.15, -0.1) is 11.8 Å². The zero-order chi connectivity index (χ0) is 7.64. The van der Waals surface area contributed by atoms with Gasteiger partial charge in [-0.05, 0) is 24.7 Å². The Bertz CT molecular complexity index is 204.